The Bertz CT molecular complexity index is 356. The molecule has 0 aromatic heterocycles. The number of carbonyl (C=O) groups excluding carboxylic acids is 1. The van der Waals surface area contributed by atoms with E-state index in [-0.39, 0.29) is 0 Å². The van der Waals surface area contributed by atoms with Crippen LogP contribution in [0.25, 0.3) is 0 Å². The van der Waals surface area contributed by atoms with Crippen LogP contribution in [0.3, 0.4) is 0 Å². The first-order valence-corrected chi connectivity index (χ1v) is 4.37. The number of benzene rings is 1. The van der Waals surface area contributed by atoms with Crippen LogP contribution in [0, 0.1) is 0 Å². The molecular weight excluding hydrogens is 164 g/mol. The van der Waals surface area contributed by atoms with Crippen LogP contribution in [0.4, 0.5) is 5.69 Å². The van der Waals surface area contributed by atoms with Gasteiger partial charge in [-0.1, -0.05) is 6.07 Å². The van der Waals surface area contributed by atoms with Crippen molar-refractivity contribution in [2.24, 2.45) is 5.73 Å². The van der Waals surface area contributed by atoms with E-state index in [9.17, 15) is 4.79 Å². The summed E-state index contributed by atoms with van der Waals surface area (Å²) in [4.78, 5) is 10.8. The molecular formula is C10H12N2O. The highest BCUT2D eigenvalue weighted by atomic mass is 16.1. The van der Waals surface area contributed by atoms with Crippen LogP contribution >= 0.6 is 0 Å². The first kappa shape index (κ1) is 8.10. The summed E-state index contributed by atoms with van der Waals surface area (Å²) in [6.45, 7) is 0. The zero-order valence-electron chi connectivity index (χ0n) is 7.29. The normalized spacial score (nSPS) is 15.7. The van der Waals surface area contributed by atoms with Crippen molar-refractivity contribution in [1.82, 2.24) is 0 Å². The molecule has 1 saturated carbocycles. The van der Waals surface area contributed by atoms with Gasteiger partial charge in [0.1, 0.15) is 0 Å². The number of hydrogen-bond donors (Lipinski definition) is 2. The maximum atomic E-state index is 10.8. The van der Waals surface area contributed by atoms with Gasteiger partial charge in [-0.25, -0.2) is 0 Å². The predicted octanol–water partition coefficient (Wildman–Crippen LogP) is 1.25. The van der Waals surface area contributed by atoms with Crippen LogP contribution in [-0.2, 0) is 0 Å². The highest BCUT2D eigenvalue weighted by Gasteiger charge is 2.25. The Morgan fingerprint density at radius 1 is 1.38 bits per heavy atom. The second kappa shape index (κ2) is 2.76. The minimum Gasteiger partial charge on any atom is -0.398 e. The summed E-state index contributed by atoms with van der Waals surface area (Å²) in [5.74, 6) is 0.191. The van der Waals surface area contributed by atoms with Gasteiger partial charge in [-0.3, -0.25) is 4.79 Å². The van der Waals surface area contributed by atoms with Crippen LogP contribution in [0.15, 0.2) is 18.2 Å². The van der Waals surface area contributed by atoms with Gasteiger partial charge in [-0.05, 0) is 36.5 Å². The summed E-state index contributed by atoms with van der Waals surface area (Å²) in [6.07, 6.45) is 2.42. The molecule has 3 nitrogen and oxygen atoms in total. The number of amides is 1. The van der Waals surface area contributed by atoms with E-state index in [1.807, 2.05) is 6.07 Å². The summed E-state index contributed by atoms with van der Waals surface area (Å²) in [6, 6.07) is 5.31. The quantitative estimate of drug-likeness (QED) is 0.666. The van der Waals surface area contributed by atoms with Gasteiger partial charge >= 0.3 is 0 Å². The first-order valence-electron chi connectivity index (χ1n) is 4.37. The van der Waals surface area contributed by atoms with Crippen molar-refractivity contribution in [3.63, 3.8) is 0 Å². The minimum atomic E-state index is -0.422. The molecule has 0 spiro atoms. The van der Waals surface area contributed by atoms with Gasteiger partial charge < -0.3 is 11.5 Å². The van der Waals surface area contributed by atoms with Crippen LogP contribution < -0.4 is 11.5 Å². The SMILES string of the molecule is NC(=O)c1ccc(C2CC2)c(N)c1. The van der Waals surface area contributed by atoms with E-state index < -0.39 is 5.91 Å². The fourth-order valence-electron chi connectivity index (χ4n) is 1.49. The second-order valence-corrected chi connectivity index (χ2v) is 3.48. The fraction of sp³-hybridized carbons (Fsp3) is 0.300. The zero-order chi connectivity index (χ0) is 9.42. The third kappa shape index (κ3) is 1.49. The van der Waals surface area contributed by atoms with Crippen LogP contribution in [0.2, 0.25) is 0 Å². The minimum absolute atomic E-state index is 0.422. The molecule has 1 aliphatic carbocycles. The molecule has 0 heterocycles. The highest BCUT2D eigenvalue weighted by molar-refractivity contribution is 5.93. The number of primary amides is 1. The number of nitrogens with two attached hydrogens (primary N) is 2. The van der Waals surface area contributed by atoms with Crippen LogP contribution in [0.1, 0.15) is 34.7 Å². The van der Waals surface area contributed by atoms with Gasteiger partial charge in [0.05, 0.1) is 0 Å². The summed E-state index contributed by atoms with van der Waals surface area (Å²) >= 11 is 0. The number of hydrogen-bond acceptors (Lipinski definition) is 2. The lowest BCUT2D eigenvalue weighted by molar-refractivity contribution is 0.100. The number of carbonyl (C=O) groups is 1. The van der Waals surface area contributed by atoms with Crippen molar-refractivity contribution in [3.05, 3.63) is 29.3 Å². The number of rotatable bonds is 2. The van der Waals surface area contributed by atoms with Crippen molar-refractivity contribution in [2.75, 3.05) is 5.73 Å². The van der Waals surface area contributed by atoms with E-state index in [4.69, 9.17) is 11.5 Å². The fourth-order valence-corrected chi connectivity index (χ4v) is 1.49. The Kier molecular flexibility index (Phi) is 1.72. The molecule has 1 aromatic rings. The molecule has 0 bridgehead atoms. The summed E-state index contributed by atoms with van der Waals surface area (Å²) in [5, 5.41) is 0. The highest BCUT2D eigenvalue weighted by Crippen LogP contribution is 2.42. The van der Waals surface area contributed by atoms with Crippen molar-refractivity contribution >= 4 is 11.6 Å². The van der Waals surface area contributed by atoms with Crippen molar-refractivity contribution in [3.8, 4) is 0 Å². The third-order valence-electron chi connectivity index (χ3n) is 2.39. The van der Waals surface area contributed by atoms with E-state index in [1.54, 1.807) is 12.1 Å². The Morgan fingerprint density at radius 2 is 2.08 bits per heavy atom. The molecule has 3 heteroatoms. The third-order valence-corrected chi connectivity index (χ3v) is 2.39. The summed E-state index contributed by atoms with van der Waals surface area (Å²) < 4.78 is 0. The van der Waals surface area contributed by atoms with E-state index >= 15 is 0 Å². The van der Waals surface area contributed by atoms with E-state index in [1.165, 1.54) is 12.8 Å². The summed E-state index contributed by atoms with van der Waals surface area (Å²) in [7, 11) is 0. The molecule has 1 fully saturated rings. The molecule has 0 saturated heterocycles. The molecule has 0 aliphatic heterocycles. The maximum Gasteiger partial charge on any atom is 0.248 e. The predicted molar refractivity (Wildman–Crippen MR) is 51.3 cm³/mol. The average molecular weight is 176 g/mol. The van der Waals surface area contributed by atoms with E-state index in [2.05, 4.69) is 0 Å². The zero-order valence-corrected chi connectivity index (χ0v) is 7.29. The summed E-state index contributed by atoms with van der Waals surface area (Å²) in [5.41, 5.74) is 13.3. The Balaban J connectivity index is 2.36. The van der Waals surface area contributed by atoms with Crippen LogP contribution in [0.5, 0.6) is 0 Å². The standard InChI is InChI=1S/C10H12N2O/c11-9-5-7(10(12)13)3-4-8(9)6-1-2-6/h3-6H,1-2,11H2,(H2,12,13). The molecule has 68 valence electrons. The molecule has 2 rings (SSSR count). The maximum absolute atomic E-state index is 10.8. The molecule has 13 heavy (non-hydrogen) atoms. The Morgan fingerprint density at radius 3 is 2.54 bits per heavy atom. The van der Waals surface area contributed by atoms with Crippen molar-refractivity contribution < 1.29 is 4.79 Å². The molecule has 0 atom stereocenters. The van der Waals surface area contributed by atoms with Gasteiger partial charge in [-0.2, -0.15) is 0 Å². The second-order valence-electron chi connectivity index (χ2n) is 3.48. The lowest BCUT2D eigenvalue weighted by Crippen LogP contribution is -2.11. The number of nitrogen functional groups attached to an aromatic ring is 1. The van der Waals surface area contributed by atoms with Gasteiger partial charge in [0.25, 0.3) is 0 Å². The number of anilines is 1. The van der Waals surface area contributed by atoms with E-state index in [0.29, 0.717) is 17.2 Å². The van der Waals surface area contributed by atoms with Gasteiger partial charge in [0, 0.05) is 11.3 Å². The largest absolute Gasteiger partial charge is 0.398 e. The molecule has 4 N–H and O–H groups in total. The average Bonchev–Trinajstić information content (AvgIpc) is 2.87. The van der Waals surface area contributed by atoms with Crippen LogP contribution in [-0.4, -0.2) is 5.91 Å². The molecule has 1 aromatic carbocycles. The van der Waals surface area contributed by atoms with Gasteiger partial charge in [0.15, 0.2) is 0 Å². The Labute approximate surface area is 76.7 Å². The lowest BCUT2D eigenvalue weighted by Gasteiger charge is -2.04. The van der Waals surface area contributed by atoms with Crippen molar-refractivity contribution in [1.29, 1.82) is 0 Å². The Hall–Kier alpha value is -1.51. The smallest absolute Gasteiger partial charge is 0.248 e. The molecule has 0 unspecified atom stereocenters. The van der Waals surface area contributed by atoms with E-state index in [0.717, 1.165) is 5.56 Å². The molecule has 1 aliphatic rings. The topological polar surface area (TPSA) is 69.1 Å². The monoisotopic (exact) mass is 176 g/mol. The van der Waals surface area contributed by atoms with Crippen molar-refractivity contribution in [2.45, 2.75) is 18.8 Å². The van der Waals surface area contributed by atoms with Gasteiger partial charge in [-0.15, -0.1) is 0 Å². The molecule has 1 amide bonds. The lowest BCUT2D eigenvalue weighted by atomic mass is 10.1. The molecule has 0 radical (unpaired) electrons. The first-order chi connectivity index (χ1) is 6.18. The van der Waals surface area contributed by atoms with Gasteiger partial charge in [0.2, 0.25) is 5.91 Å².